The minimum atomic E-state index is -0.777. The summed E-state index contributed by atoms with van der Waals surface area (Å²) in [7, 11) is 0. The Labute approximate surface area is 118 Å². The predicted molar refractivity (Wildman–Crippen MR) is 75.1 cm³/mol. The Morgan fingerprint density at radius 1 is 1.47 bits per heavy atom. The molecule has 1 saturated heterocycles. The number of benzene rings is 1. The van der Waals surface area contributed by atoms with Crippen LogP contribution in [0.15, 0.2) is 24.3 Å². The first-order valence-electron chi connectivity index (χ1n) is 6.62. The molecule has 2 rings (SSSR count). The van der Waals surface area contributed by atoms with Crippen molar-refractivity contribution in [2.75, 3.05) is 13.1 Å². The van der Waals surface area contributed by atoms with E-state index in [-0.39, 0.29) is 18.5 Å². The Kier molecular flexibility index (Phi) is 5.19. The van der Waals surface area contributed by atoms with Gasteiger partial charge in [0.25, 0.3) is 0 Å². The first kappa shape index (κ1) is 14.3. The topological polar surface area (TPSA) is 61.4 Å². The summed E-state index contributed by atoms with van der Waals surface area (Å²) in [6, 6.07) is 6.98. The van der Waals surface area contributed by atoms with Gasteiger partial charge in [0.1, 0.15) is 0 Å². The fraction of sp³-hybridized carbons (Fsp3) is 0.500. The van der Waals surface area contributed by atoms with Crippen molar-refractivity contribution >= 4 is 17.5 Å². The van der Waals surface area contributed by atoms with Crippen molar-refractivity contribution < 1.29 is 9.90 Å². The number of amides is 1. The molecule has 1 aromatic carbocycles. The van der Waals surface area contributed by atoms with E-state index in [1.165, 1.54) is 0 Å². The molecule has 0 saturated carbocycles. The lowest BCUT2D eigenvalue weighted by Gasteiger charge is -2.23. The number of nitrogens with one attached hydrogen (secondary N) is 2. The van der Waals surface area contributed by atoms with E-state index in [0.717, 1.165) is 25.8 Å². The minimum Gasteiger partial charge on any atom is -0.387 e. The molecule has 1 aromatic rings. The summed E-state index contributed by atoms with van der Waals surface area (Å²) in [6.45, 7) is 1.06. The summed E-state index contributed by atoms with van der Waals surface area (Å²) >= 11 is 6.00. The van der Waals surface area contributed by atoms with Crippen molar-refractivity contribution in [2.45, 2.75) is 31.4 Å². The van der Waals surface area contributed by atoms with Crippen molar-refractivity contribution in [3.05, 3.63) is 34.9 Å². The van der Waals surface area contributed by atoms with Crippen LogP contribution in [0.4, 0.5) is 0 Å². The molecule has 0 spiro atoms. The maximum atomic E-state index is 11.9. The van der Waals surface area contributed by atoms with E-state index in [9.17, 15) is 9.90 Å². The zero-order valence-electron chi connectivity index (χ0n) is 10.7. The molecule has 104 valence electrons. The maximum absolute atomic E-state index is 11.9. The van der Waals surface area contributed by atoms with Gasteiger partial charge in [-0.15, -0.1) is 0 Å². The van der Waals surface area contributed by atoms with E-state index in [1.54, 1.807) is 12.1 Å². The van der Waals surface area contributed by atoms with Crippen molar-refractivity contribution in [3.63, 3.8) is 0 Å². The van der Waals surface area contributed by atoms with Gasteiger partial charge in [0.15, 0.2) is 0 Å². The van der Waals surface area contributed by atoms with Crippen molar-refractivity contribution in [1.29, 1.82) is 0 Å². The van der Waals surface area contributed by atoms with Crippen molar-refractivity contribution in [1.82, 2.24) is 10.6 Å². The van der Waals surface area contributed by atoms with Crippen molar-refractivity contribution in [3.8, 4) is 0 Å². The number of aliphatic hydroxyl groups is 1. The van der Waals surface area contributed by atoms with Crippen LogP contribution >= 0.6 is 11.6 Å². The Morgan fingerprint density at radius 3 is 2.95 bits per heavy atom. The van der Waals surface area contributed by atoms with E-state index >= 15 is 0 Å². The first-order chi connectivity index (χ1) is 9.18. The number of aliphatic hydroxyl groups excluding tert-OH is 1. The van der Waals surface area contributed by atoms with Crippen LogP contribution < -0.4 is 10.6 Å². The molecule has 1 amide bonds. The Bertz CT molecular complexity index is 433. The highest BCUT2D eigenvalue weighted by atomic mass is 35.5. The Hall–Kier alpha value is -1.10. The van der Waals surface area contributed by atoms with Gasteiger partial charge in [-0.05, 0) is 25.5 Å². The maximum Gasteiger partial charge on any atom is 0.237 e. The Balaban J connectivity index is 1.84. The third-order valence-corrected chi connectivity index (χ3v) is 3.70. The first-order valence-corrected chi connectivity index (χ1v) is 7.00. The van der Waals surface area contributed by atoms with Gasteiger partial charge >= 0.3 is 0 Å². The second-order valence-corrected chi connectivity index (χ2v) is 5.19. The fourth-order valence-electron chi connectivity index (χ4n) is 2.25. The molecule has 0 bridgehead atoms. The van der Waals surface area contributed by atoms with Crippen LogP contribution in [0.1, 0.15) is 30.9 Å². The molecule has 0 aromatic heterocycles. The highest BCUT2D eigenvalue weighted by molar-refractivity contribution is 6.31. The molecule has 1 heterocycles. The van der Waals surface area contributed by atoms with Gasteiger partial charge < -0.3 is 15.7 Å². The molecular weight excluding hydrogens is 264 g/mol. The van der Waals surface area contributed by atoms with Crippen LogP contribution in [-0.2, 0) is 4.79 Å². The zero-order valence-corrected chi connectivity index (χ0v) is 11.5. The standard InChI is InChI=1S/C14H19ClN2O2/c15-11-6-2-1-5-10(11)13(18)9-17-14(19)12-7-3-4-8-16-12/h1-2,5-6,12-13,16,18H,3-4,7-9H2,(H,17,19)/t12-,13?/m0/s1. The minimum absolute atomic E-state index is 0.0502. The van der Waals surface area contributed by atoms with Gasteiger partial charge in [0.05, 0.1) is 12.1 Å². The zero-order chi connectivity index (χ0) is 13.7. The summed E-state index contributed by atoms with van der Waals surface area (Å²) in [5.74, 6) is -0.0502. The highest BCUT2D eigenvalue weighted by Gasteiger charge is 2.21. The lowest BCUT2D eigenvalue weighted by atomic mass is 10.0. The number of piperidine rings is 1. The molecule has 1 aliphatic rings. The average Bonchev–Trinajstić information content (AvgIpc) is 2.46. The molecule has 3 N–H and O–H groups in total. The lowest BCUT2D eigenvalue weighted by molar-refractivity contribution is -0.124. The molecule has 4 nitrogen and oxygen atoms in total. The van der Waals surface area contributed by atoms with Crippen LogP contribution in [0.5, 0.6) is 0 Å². The summed E-state index contributed by atoms with van der Waals surface area (Å²) in [5, 5.41) is 16.5. The second-order valence-electron chi connectivity index (χ2n) is 4.78. The van der Waals surface area contributed by atoms with E-state index < -0.39 is 6.10 Å². The van der Waals surface area contributed by atoms with Crippen LogP contribution in [0, 0.1) is 0 Å². The Morgan fingerprint density at radius 2 is 2.26 bits per heavy atom. The largest absolute Gasteiger partial charge is 0.387 e. The number of carbonyl (C=O) groups is 1. The lowest BCUT2D eigenvalue weighted by Crippen LogP contribution is -2.47. The molecule has 5 heteroatoms. The SMILES string of the molecule is O=C(NCC(O)c1ccccc1Cl)[C@@H]1CCCCN1. The third-order valence-electron chi connectivity index (χ3n) is 3.36. The third kappa shape index (κ3) is 3.93. The molecule has 0 radical (unpaired) electrons. The number of rotatable bonds is 4. The number of hydrogen-bond acceptors (Lipinski definition) is 3. The molecule has 1 aliphatic heterocycles. The monoisotopic (exact) mass is 282 g/mol. The van der Waals surface area contributed by atoms with Gasteiger partial charge in [-0.3, -0.25) is 4.79 Å². The van der Waals surface area contributed by atoms with Gasteiger partial charge in [-0.2, -0.15) is 0 Å². The average molecular weight is 283 g/mol. The molecule has 19 heavy (non-hydrogen) atoms. The summed E-state index contributed by atoms with van der Waals surface area (Å²) in [6.07, 6.45) is 2.26. The molecule has 0 aliphatic carbocycles. The molecule has 2 atom stereocenters. The van der Waals surface area contributed by atoms with Gasteiger partial charge in [0, 0.05) is 17.1 Å². The highest BCUT2D eigenvalue weighted by Crippen LogP contribution is 2.21. The summed E-state index contributed by atoms with van der Waals surface area (Å²) in [4.78, 5) is 11.9. The summed E-state index contributed by atoms with van der Waals surface area (Å²) in [5.41, 5.74) is 0.640. The molecule has 1 unspecified atom stereocenters. The molecular formula is C14H19ClN2O2. The van der Waals surface area contributed by atoms with E-state index in [1.807, 2.05) is 12.1 Å². The van der Waals surface area contributed by atoms with Crippen molar-refractivity contribution in [2.24, 2.45) is 0 Å². The number of halogens is 1. The normalized spacial score (nSPS) is 20.8. The fourth-order valence-corrected chi connectivity index (χ4v) is 2.51. The smallest absolute Gasteiger partial charge is 0.237 e. The van der Waals surface area contributed by atoms with Crippen LogP contribution in [-0.4, -0.2) is 30.1 Å². The second kappa shape index (κ2) is 6.89. The van der Waals surface area contributed by atoms with Gasteiger partial charge in [0.2, 0.25) is 5.91 Å². The quantitative estimate of drug-likeness (QED) is 0.787. The van der Waals surface area contributed by atoms with Crippen LogP contribution in [0.3, 0.4) is 0 Å². The number of carbonyl (C=O) groups excluding carboxylic acids is 1. The van der Waals surface area contributed by atoms with Crippen LogP contribution in [0.2, 0.25) is 5.02 Å². The van der Waals surface area contributed by atoms with Gasteiger partial charge in [-0.25, -0.2) is 0 Å². The van der Waals surface area contributed by atoms with E-state index in [4.69, 9.17) is 11.6 Å². The van der Waals surface area contributed by atoms with E-state index in [2.05, 4.69) is 10.6 Å². The van der Waals surface area contributed by atoms with E-state index in [0.29, 0.717) is 10.6 Å². The summed E-state index contributed by atoms with van der Waals surface area (Å²) < 4.78 is 0. The number of hydrogen-bond donors (Lipinski definition) is 3. The van der Waals surface area contributed by atoms with Crippen LogP contribution in [0.25, 0.3) is 0 Å². The predicted octanol–water partition coefficient (Wildman–Crippen LogP) is 1.63. The molecule has 1 fully saturated rings. The van der Waals surface area contributed by atoms with Gasteiger partial charge in [-0.1, -0.05) is 36.2 Å².